The van der Waals surface area contributed by atoms with Gasteiger partial charge >= 0.3 is 0 Å². The third-order valence-electron chi connectivity index (χ3n) is 3.32. The fourth-order valence-corrected chi connectivity index (χ4v) is 1.66. The monoisotopic (exact) mass is 277 g/mol. The van der Waals surface area contributed by atoms with Gasteiger partial charge in [-0.15, -0.1) is 0 Å². The molecule has 0 aromatic heterocycles. The second-order valence-corrected chi connectivity index (χ2v) is 4.89. The lowest BCUT2D eigenvalue weighted by Gasteiger charge is -2.17. The van der Waals surface area contributed by atoms with Crippen molar-refractivity contribution in [3.8, 4) is 0 Å². The van der Waals surface area contributed by atoms with E-state index in [1.807, 2.05) is 44.2 Å². The van der Waals surface area contributed by atoms with Crippen LogP contribution in [-0.4, -0.2) is 24.4 Å². The zero-order chi connectivity index (χ0) is 15.0. The van der Waals surface area contributed by atoms with Gasteiger partial charge in [-0.25, -0.2) is 0 Å². The Kier molecular flexibility index (Phi) is 6.73. The smallest absolute Gasteiger partial charge is 0.239 e. The van der Waals surface area contributed by atoms with E-state index in [4.69, 9.17) is 5.73 Å². The number of carbonyl (C=O) groups is 2. The van der Waals surface area contributed by atoms with E-state index < -0.39 is 6.04 Å². The van der Waals surface area contributed by atoms with E-state index in [0.29, 0.717) is 6.54 Å². The second-order valence-electron chi connectivity index (χ2n) is 4.89. The minimum atomic E-state index is -0.568. The average molecular weight is 277 g/mol. The Hall–Kier alpha value is -1.88. The highest BCUT2D eigenvalue weighted by atomic mass is 16.2. The molecule has 0 aliphatic heterocycles. The summed E-state index contributed by atoms with van der Waals surface area (Å²) in [6.45, 7) is 4.30. The minimum Gasteiger partial charge on any atom is -0.350 e. The Labute approximate surface area is 119 Å². The molecule has 0 radical (unpaired) electrons. The fraction of sp³-hybridized carbons (Fsp3) is 0.467. The van der Waals surface area contributed by atoms with Gasteiger partial charge in [0.05, 0.1) is 12.6 Å². The third kappa shape index (κ3) is 5.40. The summed E-state index contributed by atoms with van der Waals surface area (Å²) < 4.78 is 0. The van der Waals surface area contributed by atoms with Crippen LogP contribution in [0.2, 0.25) is 0 Å². The number of hydrogen-bond acceptors (Lipinski definition) is 3. The predicted octanol–water partition coefficient (Wildman–Crippen LogP) is 0.792. The first-order chi connectivity index (χ1) is 9.54. The number of carbonyl (C=O) groups excluding carboxylic acids is 2. The first kappa shape index (κ1) is 16.2. The van der Waals surface area contributed by atoms with Crippen LogP contribution in [0.4, 0.5) is 0 Å². The Morgan fingerprint density at radius 3 is 2.45 bits per heavy atom. The molecule has 0 saturated heterocycles. The van der Waals surface area contributed by atoms with E-state index in [0.717, 1.165) is 12.0 Å². The SMILES string of the molecule is CCC(C)C(N)C(=O)NCC(=O)NCc1ccccc1. The summed E-state index contributed by atoms with van der Waals surface area (Å²) in [6.07, 6.45) is 0.828. The van der Waals surface area contributed by atoms with Crippen molar-refractivity contribution >= 4 is 11.8 Å². The van der Waals surface area contributed by atoms with Crippen LogP contribution in [0.5, 0.6) is 0 Å². The first-order valence-electron chi connectivity index (χ1n) is 6.88. The van der Waals surface area contributed by atoms with Gasteiger partial charge in [0.1, 0.15) is 0 Å². The van der Waals surface area contributed by atoms with Gasteiger partial charge in [-0.1, -0.05) is 50.6 Å². The van der Waals surface area contributed by atoms with Crippen LogP contribution in [0.1, 0.15) is 25.8 Å². The molecule has 0 heterocycles. The molecule has 1 aromatic rings. The number of nitrogens with two attached hydrogens (primary N) is 1. The summed E-state index contributed by atoms with van der Waals surface area (Å²) >= 11 is 0. The van der Waals surface area contributed by atoms with Crippen LogP contribution < -0.4 is 16.4 Å². The van der Waals surface area contributed by atoms with Crippen LogP contribution in [0, 0.1) is 5.92 Å². The maximum Gasteiger partial charge on any atom is 0.239 e. The van der Waals surface area contributed by atoms with Gasteiger partial charge in [0, 0.05) is 6.54 Å². The Balaban J connectivity index is 2.28. The minimum absolute atomic E-state index is 0.0458. The van der Waals surface area contributed by atoms with Gasteiger partial charge in [-0.05, 0) is 11.5 Å². The van der Waals surface area contributed by atoms with Crippen molar-refractivity contribution in [2.45, 2.75) is 32.9 Å². The third-order valence-corrected chi connectivity index (χ3v) is 3.32. The Morgan fingerprint density at radius 1 is 1.20 bits per heavy atom. The summed E-state index contributed by atoms with van der Waals surface area (Å²) in [7, 11) is 0. The molecule has 2 amide bonds. The van der Waals surface area contributed by atoms with Crippen LogP contribution in [0.3, 0.4) is 0 Å². The molecule has 1 rings (SSSR count). The molecular weight excluding hydrogens is 254 g/mol. The zero-order valence-corrected chi connectivity index (χ0v) is 12.1. The normalized spacial score (nSPS) is 13.3. The number of benzene rings is 1. The summed E-state index contributed by atoms with van der Waals surface area (Å²) in [5.74, 6) is -0.407. The quantitative estimate of drug-likeness (QED) is 0.689. The molecule has 0 fully saturated rings. The molecule has 0 aliphatic rings. The standard InChI is InChI=1S/C15H23N3O2/c1-3-11(2)14(16)15(20)18-10-13(19)17-9-12-7-5-4-6-8-12/h4-8,11,14H,3,9-10,16H2,1-2H3,(H,17,19)(H,18,20). The lowest BCUT2D eigenvalue weighted by molar-refractivity contribution is -0.127. The largest absolute Gasteiger partial charge is 0.350 e. The van der Waals surface area contributed by atoms with Crippen LogP contribution in [0.25, 0.3) is 0 Å². The molecule has 20 heavy (non-hydrogen) atoms. The Bertz CT molecular complexity index is 434. The van der Waals surface area contributed by atoms with E-state index in [1.165, 1.54) is 0 Å². The maximum absolute atomic E-state index is 11.7. The van der Waals surface area contributed by atoms with E-state index in [2.05, 4.69) is 10.6 Å². The lowest BCUT2D eigenvalue weighted by atomic mass is 9.99. The van der Waals surface area contributed by atoms with Crippen molar-refractivity contribution in [1.82, 2.24) is 10.6 Å². The van der Waals surface area contributed by atoms with Gasteiger partial charge in [0.25, 0.3) is 0 Å². The van der Waals surface area contributed by atoms with Crippen LogP contribution in [-0.2, 0) is 16.1 Å². The maximum atomic E-state index is 11.7. The first-order valence-corrected chi connectivity index (χ1v) is 6.88. The van der Waals surface area contributed by atoms with E-state index in [9.17, 15) is 9.59 Å². The average Bonchev–Trinajstić information content (AvgIpc) is 2.49. The molecule has 0 saturated carbocycles. The molecule has 1 aromatic carbocycles. The van der Waals surface area contributed by atoms with Crippen molar-refractivity contribution < 1.29 is 9.59 Å². The van der Waals surface area contributed by atoms with Crippen LogP contribution in [0.15, 0.2) is 30.3 Å². The van der Waals surface area contributed by atoms with Crippen molar-refractivity contribution in [1.29, 1.82) is 0 Å². The molecule has 0 spiro atoms. The highest BCUT2D eigenvalue weighted by Gasteiger charge is 2.19. The molecule has 110 valence electrons. The molecule has 2 atom stereocenters. The Morgan fingerprint density at radius 2 is 1.85 bits per heavy atom. The zero-order valence-electron chi connectivity index (χ0n) is 12.1. The number of hydrogen-bond donors (Lipinski definition) is 3. The summed E-state index contributed by atoms with van der Waals surface area (Å²) in [5.41, 5.74) is 6.80. The van der Waals surface area contributed by atoms with E-state index >= 15 is 0 Å². The van der Waals surface area contributed by atoms with E-state index in [-0.39, 0.29) is 24.3 Å². The van der Waals surface area contributed by atoms with Gasteiger partial charge in [0.2, 0.25) is 11.8 Å². The van der Waals surface area contributed by atoms with Gasteiger partial charge in [-0.2, -0.15) is 0 Å². The molecule has 2 unspecified atom stereocenters. The van der Waals surface area contributed by atoms with Crippen molar-refractivity contribution in [2.24, 2.45) is 11.7 Å². The molecule has 5 heteroatoms. The molecule has 5 nitrogen and oxygen atoms in total. The molecule has 0 aliphatic carbocycles. The highest BCUT2D eigenvalue weighted by Crippen LogP contribution is 2.04. The molecule has 4 N–H and O–H groups in total. The molecular formula is C15H23N3O2. The summed E-state index contributed by atoms with van der Waals surface area (Å²) in [4.78, 5) is 23.3. The topological polar surface area (TPSA) is 84.2 Å². The van der Waals surface area contributed by atoms with Crippen LogP contribution >= 0.6 is 0 Å². The summed E-state index contributed by atoms with van der Waals surface area (Å²) in [6, 6.07) is 9.03. The van der Waals surface area contributed by atoms with Gasteiger partial charge < -0.3 is 16.4 Å². The van der Waals surface area contributed by atoms with Gasteiger partial charge in [-0.3, -0.25) is 9.59 Å². The number of nitrogens with one attached hydrogen (secondary N) is 2. The second kappa shape index (κ2) is 8.32. The van der Waals surface area contributed by atoms with Crippen molar-refractivity contribution in [3.05, 3.63) is 35.9 Å². The highest BCUT2D eigenvalue weighted by molar-refractivity contribution is 5.87. The lowest BCUT2D eigenvalue weighted by Crippen LogP contribution is -2.47. The summed E-state index contributed by atoms with van der Waals surface area (Å²) in [5, 5.41) is 5.30. The predicted molar refractivity (Wildman–Crippen MR) is 78.7 cm³/mol. The number of rotatable bonds is 7. The van der Waals surface area contributed by atoms with E-state index in [1.54, 1.807) is 0 Å². The van der Waals surface area contributed by atoms with Crippen molar-refractivity contribution in [3.63, 3.8) is 0 Å². The molecule has 0 bridgehead atoms. The number of amides is 2. The van der Waals surface area contributed by atoms with Crippen molar-refractivity contribution in [2.75, 3.05) is 6.54 Å². The fourth-order valence-electron chi connectivity index (χ4n) is 1.66. The van der Waals surface area contributed by atoms with Gasteiger partial charge in [0.15, 0.2) is 0 Å².